The van der Waals surface area contributed by atoms with Gasteiger partial charge in [-0.3, -0.25) is 5.10 Å². The van der Waals surface area contributed by atoms with E-state index < -0.39 is 0 Å². The summed E-state index contributed by atoms with van der Waals surface area (Å²) < 4.78 is 0. The van der Waals surface area contributed by atoms with E-state index in [-0.39, 0.29) is 0 Å². The van der Waals surface area contributed by atoms with Crippen molar-refractivity contribution in [2.75, 3.05) is 13.1 Å². The molecule has 0 amide bonds. The van der Waals surface area contributed by atoms with Crippen LogP contribution >= 0.6 is 0 Å². The molecule has 0 radical (unpaired) electrons. The predicted octanol–water partition coefficient (Wildman–Crippen LogP) is 1.87. The Morgan fingerprint density at radius 2 is 2.12 bits per heavy atom. The summed E-state index contributed by atoms with van der Waals surface area (Å²) in [6.45, 7) is 2.23. The molecule has 2 aromatic heterocycles. The molecule has 0 bridgehead atoms. The molecule has 0 saturated carbocycles. The van der Waals surface area contributed by atoms with Gasteiger partial charge in [-0.15, -0.1) is 0 Å². The highest BCUT2D eigenvalue weighted by Gasteiger charge is 2.17. The van der Waals surface area contributed by atoms with Gasteiger partial charge >= 0.3 is 0 Å². The summed E-state index contributed by atoms with van der Waals surface area (Å²) in [6.07, 6.45) is 4.33. The fourth-order valence-corrected chi connectivity index (χ4v) is 2.31. The molecule has 1 saturated heterocycles. The van der Waals surface area contributed by atoms with Crippen molar-refractivity contribution in [1.82, 2.24) is 20.5 Å². The molecule has 4 nitrogen and oxygen atoms in total. The molecule has 0 unspecified atom stereocenters. The van der Waals surface area contributed by atoms with Crippen LogP contribution in [0.15, 0.2) is 24.4 Å². The Morgan fingerprint density at radius 1 is 1.25 bits per heavy atom. The quantitative estimate of drug-likeness (QED) is 0.717. The summed E-state index contributed by atoms with van der Waals surface area (Å²) in [4.78, 5) is 3.17. The third-order valence-electron chi connectivity index (χ3n) is 3.25. The van der Waals surface area contributed by atoms with E-state index in [1.54, 1.807) is 0 Å². The number of H-pyrrole nitrogens is 2. The predicted molar refractivity (Wildman–Crippen MR) is 63.2 cm³/mol. The molecule has 0 aromatic carbocycles. The molecule has 1 fully saturated rings. The number of nitrogens with zero attached hydrogens (tertiary/aromatic N) is 1. The van der Waals surface area contributed by atoms with E-state index in [2.05, 4.69) is 26.6 Å². The van der Waals surface area contributed by atoms with Gasteiger partial charge in [-0.2, -0.15) is 5.10 Å². The molecule has 0 spiro atoms. The van der Waals surface area contributed by atoms with Crippen molar-refractivity contribution < 1.29 is 0 Å². The molecule has 1 aliphatic rings. The van der Waals surface area contributed by atoms with E-state index >= 15 is 0 Å². The molecule has 16 heavy (non-hydrogen) atoms. The molecular formula is C12H16N4. The van der Waals surface area contributed by atoms with Crippen LogP contribution in [0.3, 0.4) is 0 Å². The molecular weight excluding hydrogens is 200 g/mol. The average molecular weight is 216 g/mol. The number of nitrogens with one attached hydrogen (secondary N) is 3. The summed E-state index contributed by atoms with van der Waals surface area (Å²) in [5, 5.41) is 10.9. The molecule has 4 heteroatoms. The van der Waals surface area contributed by atoms with E-state index in [0.717, 1.165) is 24.5 Å². The van der Waals surface area contributed by atoms with Gasteiger partial charge in [-0.25, -0.2) is 0 Å². The van der Waals surface area contributed by atoms with Crippen LogP contribution in [0.25, 0.3) is 11.4 Å². The minimum absolute atomic E-state index is 0.637. The molecule has 84 valence electrons. The molecule has 1 aliphatic heterocycles. The van der Waals surface area contributed by atoms with Gasteiger partial charge in [-0.1, -0.05) is 0 Å². The fourth-order valence-electron chi connectivity index (χ4n) is 2.31. The maximum Gasteiger partial charge on any atom is 0.109 e. The number of rotatable bonds is 2. The van der Waals surface area contributed by atoms with Gasteiger partial charge < -0.3 is 10.3 Å². The first-order chi connectivity index (χ1) is 7.93. The van der Waals surface area contributed by atoms with Crippen molar-refractivity contribution in [2.45, 2.75) is 18.8 Å². The lowest BCUT2D eigenvalue weighted by Crippen LogP contribution is -2.26. The smallest absolute Gasteiger partial charge is 0.109 e. The number of hydrogen-bond donors (Lipinski definition) is 3. The van der Waals surface area contributed by atoms with Crippen LogP contribution in [-0.4, -0.2) is 28.3 Å². The highest BCUT2D eigenvalue weighted by atomic mass is 15.1. The van der Waals surface area contributed by atoms with Gasteiger partial charge in [0.15, 0.2) is 0 Å². The lowest BCUT2D eigenvalue weighted by molar-refractivity contribution is 0.453. The fraction of sp³-hybridized carbons (Fsp3) is 0.417. The van der Waals surface area contributed by atoms with Gasteiger partial charge in [0.25, 0.3) is 0 Å². The first kappa shape index (κ1) is 9.66. The maximum atomic E-state index is 4.36. The maximum absolute atomic E-state index is 4.36. The number of piperidine rings is 1. The van der Waals surface area contributed by atoms with Crippen molar-refractivity contribution in [2.24, 2.45) is 0 Å². The van der Waals surface area contributed by atoms with Gasteiger partial charge in [0.1, 0.15) is 5.69 Å². The summed E-state index contributed by atoms with van der Waals surface area (Å²) in [5.41, 5.74) is 3.36. The summed E-state index contributed by atoms with van der Waals surface area (Å²) in [6, 6.07) is 6.21. The van der Waals surface area contributed by atoms with Crippen LogP contribution in [0.1, 0.15) is 24.5 Å². The van der Waals surface area contributed by atoms with E-state index in [1.165, 1.54) is 18.5 Å². The normalized spacial score (nSPS) is 17.8. The van der Waals surface area contributed by atoms with Crippen LogP contribution in [-0.2, 0) is 0 Å². The van der Waals surface area contributed by atoms with Crippen LogP contribution in [0.2, 0.25) is 0 Å². The van der Waals surface area contributed by atoms with Crippen molar-refractivity contribution in [3.05, 3.63) is 30.1 Å². The Bertz CT molecular complexity index is 437. The Labute approximate surface area is 94.5 Å². The second-order valence-corrected chi connectivity index (χ2v) is 4.32. The van der Waals surface area contributed by atoms with Crippen LogP contribution in [0.5, 0.6) is 0 Å². The standard InChI is InChI=1S/C12H16N4/c1-2-10(14-5-1)12-8-11(15-16-12)9-3-6-13-7-4-9/h1-2,5,8-9,13-14H,3-4,6-7H2,(H,15,16). The van der Waals surface area contributed by atoms with Gasteiger partial charge in [-0.05, 0) is 44.1 Å². The second-order valence-electron chi connectivity index (χ2n) is 4.32. The van der Waals surface area contributed by atoms with Crippen LogP contribution < -0.4 is 5.32 Å². The first-order valence-corrected chi connectivity index (χ1v) is 5.83. The highest BCUT2D eigenvalue weighted by molar-refractivity contribution is 5.54. The van der Waals surface area contributed by atoms with E-state index in [4.69, 9.17) is 0 Å². The second kappa shape index (κ2) is 4.14. The molecule has 3 rings (SSSR count). The number of aromatic nitrogens is 3. The molecule has 0 aliphatic carbocycles. The summed E-state index contributed by atoms with van der Waals surface area (Å²) >= 11 is 0. The van der Waals surface area contributed by atoms with Crippen LogP contribution in [0, 0.1) is 0 Å². The summed E-state index contributed by atoms with van der Waals surface area (Å²) in [5.74, 6) is 0.637. The van der Waals surface area contributed by atoms with Crippen molar-refractivity contribution in [3.63, 3.8) is 0 Å². The lowest BCUT2D eigenvalue weighted by atomic mass is 9.94. The minimum atomic E-state index is 0.637. The van der Waals surface area contributed by atoms with E-state index in [9.17, 15) is 0 Å². The zero-order chi connectivity index (χ0) is 10.8. The van der Waals surface area contributed by atoms with Gasteiger partial charge in [0, 0.05) is 17.8 Å². The zero-order valence-electron chi connectivity index (χ0n) is 9.16. The Balaban J connectivity index is 1.82. The van der Waals surface area contributed by atoms with E-state index in [1.807, 2.05) is 18.3 Å². The van der Waals surface area contributed by atoms with Crippen molar-refractivity contribution >= 4 is 0 Å². The third-order valence-corrected chi connectivity index (χ3v) is 3.25. The van der Waals surface area contributed by atoms with Crippen LogP contribution in [0.4, 0.5) is 0 Å². The van der Waals surface area contributed by atoms with E-state index in [0.29, 0.717) is 5.92 Å². The molecule has 2 aromatic rings. The van der Waals surface area contributed by atoms with Crippen molar-refractivity contribution in [1.29, 1.82) is 0 Å². The SMILES string of the molecule is c1c[nH]c(-c2cc(C3CCNCC3)[nH]n2)c1. The topological polar surface area (TPSA) is 56.5 Å². The number of hydrogen-bond acceptors (Lipinski definition) is 2. The Hall–Kier alpha value is -1.55. The highest BCUT2D eigenvalue weighted by Crippen LogP contribution is 2.26. The monoisotopic (exact) mass is 216 g/mol. The average Bonchev–Trinajstić information content (AvgIpc) is 3.01. The Kier molecular flexibility index (Phi) is 2.50. The minimum Gasteiger partial charge on any atom is -0.360 e. The molecule has 0 atom stereocenters. The first-order valence-electron chi connectivity index (χ1n) is 5.83. The number of aromatic amines is 2. The van der Waals surface area contributed by atoms with Gasteiger partial charge in [0.2, 0.25) is 0 Å². The largest absolute Gasteiger partial charge is 0.360 e. The van der Waals surface area contributed by atoms with Gasteiger partial charge in [0.05, 0.1) is 5.69 Å². The zero-order valence-corrected chi connectivity index (χ0v) is 9.16. The van der Waals surface area contributed by atoms with Crippen molar-refractivity contribution in [3.8, 4) is 11.4 Å². The molecule has 3 heterocycles. The summed E-state index contributed by atoms with van der Waals surface area (Å²) in [7, 11) is 0. The lowest BCUT2D eigenvalue weighted by Gasteiger charge is -2.20. The third kappa shape index (κ3) is 1.76. The molecule has 3 N–H and O–H groups in total. The Morgan fingerprint density at radius 3 is 2.88 bits per heavy atom.